The van der Waals surface area contributed by atoms with E-state index in [1.807, 2.05) is 34.1 Å². The van der Waals surface area contributed by atoms with Crippen LogP contribution in [0.15, 0.2) is 48.5 Å². The van der Waals surface area contributed by atoms with Crippen molar-refractivity contribution in [2.45, 2.75) is 38.6 Å². The van der Waals surface area contributed by atoms with E-state index < -0.39 is 0 Å². The molecule has 2 saturated heterocycles. The van der Waals surface area contributed by atoms with Crippen LogP contribution in [0.1, 0.15) is 42.1 Å². The van der Waals surface area contributed by atoms with Gasteiger partial charge in [0, 0.05) is 38.5 Å². The standard InChI is InChI=1S/C25H28N4O2/c1-17-6-8-18(9-7-17)15-29-16-20(14-23(29)30)25(31)28-12-10-19(11-13-28)24-26-21-4-2-3-5-22(21)27-24/h2-9,19-20H,10-16H2,1H3,(H,26,27)/t20-/m1/s1. The fourth-order valence-corrected chi connectivity index (χ4v) is 4.80. The number of aromatic nitrogens is 2. The van der Waals surface area contributed by atoms with Gasteiger partial charge in [0.05, 0.1) is 17.0 Å². The molecule has 3 aromatic rings. The average Bonchev–Trinajstić information content (AvgIpc) is 3.38. The molecule has 1 N–H and O–H groups in total. The summed E-state index contributed by atoms with van der Waals surface area (Å²) in [5.41, 5.74) is 4.37. The Bertz CT molecular complexity index is 1060. The second-order valence-corrected chi connectivity index (χ2v) is 8.90. The van der Waals surface area contributed by atoms with E-state index in [4.69, 9.17) is 4.98 Å². The lowest BCUT2D eigenvalue weighted by Crippen LogP contribution is -2.42. The van der Waals surface area contributed by atoms with Gasteiger partial charge < -0.3 is 14.8 Å². The lowest BCUT2D eigenvalue weighted by Gasteiger charge is -2.32. The molecule has 2 amide bonds. The van der Waals surface area contributed by atoms with Crippen LogP contribution in [0.4, 0.5) is 0 Å². The van der Waals surface area contributed by atoms with Crippen molar-refractivity contribution >= 4 is 22.8 Å². The van der Waals surface area contributed by atoms with Crippen LogP contribution < -0.4 is 0 Å². The van der Waals surface area contributed by atoms with Crippen molar-refractivity contribution in [2.75, 3.05) is 19.6 Å². The van der Waals surface area contributed by atoms with E-state index in [2.05, 4.69) is 36.2 Å². The van der Waals surface area contributed by atoms with Crippen LogP contribution in [0.5, 0.6) is 0 Å². The van der Waals surface area contributed by atoms with E-state index in [1.54, 1.807) is 0 Å². The Morgan fingerprint density at radius 1 is 1.10 bits per heavy atom. The minimum absolute atomic E-state index is 0.0797. The van der Waals surface area contributed by atoms with E-state index in [-0.39, 0.29) is 17.7 Å². The number of amides is 2. The number of piperidine rings is 1. The Morgan fingerprint density at radius 2 is 1.84 bits per heavy atom. The number of rotatable bonds is 4. The van der Waals surface area contributed by atoms with Crippen molar-refractivity contribution in [1.29, 1.82) is 0 Å². The van der Waals surface area contributed by atoms with Crippen LogP contribution in [-0.4, -0.2) is 51.2 Å². The largest absolute Gasteiger partial charge is 0.342 e. The Hall–Kier alpha value is -3.15. The van der Waals surface area contributed by atoms with Crippen LogP contribution in [0, 0.1) is 12.8 Å². The zero-order chi connectivity index (χ0) is 21.4. The number of carbonyl (C=O) groups excluding carboxylic acids is 2. The number of nitrogens with zero attached hydrogens (tertiary/aromatic N) is 3. The van der Waals surface area contributed by atoms with Crippen molar-refractivity contribution in [2.24, 2.45) is 5.92 Å². The van der Waals surface area contributed by atoms with Gasteiger partial charge in [-0.15, -0.1) is 0 Å². The van der Waals surface area contributed by atoms with Crippen LogP contribution in [0.25, 0.3) is 11.0 Å². The number of aromatic amines is 1. The topological polar surface area (TPSA) is 69.3 Å². The Kier molecular flexibility index (Phi) is 5.22. The van der Waals surface area contributed by atoms with Crippen molar-refractivity contribution in [3.8, 4) is 0 Å². The molecule has 0 bridgehead atoms. The molecular weight excluding hydrogens is 388 g/mol. The molecule has 1 atom stereocenters. The van der Waals surface area contributed by atoms with E-state index in [0.29, 0.717) is 25.4 Å². The molecule has 6 nitrogen and oxygen atoms in total. The molecule has 1 aromatic heterocycles. The monoisotopic (exact) mass is 416 g/mol. The number of nitrogens with one attached hydrogen (secondary N) is 1. The molecule has 0 spiro atoms. The number of fused-ring (bicyclic) bond motifs is 1. The first-order chi connectivity index (χ1) is 15.1. The summed E-state index contributed by atoms with van der Waals surface area (Å²) in [6.07, 6.45) is 2.13. The summed E-state index contributed by atoms with van der Waals surface area (Å²) in [5.74, 6) is 1.35. The van der Waals surface area contributed by atoms with Crippen LogP contribution in [0.2, 0.25) is 0 Å². The first kappa shape index (κ1) is 19.8. The maximum atomic E-state index is 13.1. The van der Waals surface area contributed by atoms with Gasteiger partial charge in [-0.2, -0.15) is 0 Å². The fraction of sp³-hybridized carbons (Fsp3) is 0.400. The highest BCUT2D eigenvalue weighted by Gasteiger charge is 2.37. The lowest BCUT2D eigenvalue weighted by atomic mass is 9.95. The minimum Gasteiger partial charge on any atom is -0.342 e. The summed E-state index contributed by atoms with van der Waals surface area (Å²) in [6, 6.07) is 16.3. The number of carbonyl (C=O) groups is 2. The Labute approximate surface area is 182 Å². The fourth-order valence-electron chi connectivity index (χ4n) is 4.80. The molecule has 2 aliphatic heterocycles. The normalized spacial score (nSPS) is 20.0. The average molecular weight is 417 g/mol. The second kappa shape index (κ2) is 8.17. The summed E-state index contributed by atoms with van der Waals surface area (Å²) in [4.78, 5) is 37.6. The summed E-state index contributed by atoms with van der Waals surface area (Å²) < 4.78 is 0. The SMILES string of the molecule is Cc1ccc(CN2C[C@H](C(=O)N3CCC(c4nc5ccccc5[nH]4)CC3)CC2=O)cc1. The quantitative estimate of drug-likeness (QED) is 0.706. The lowest BCUT2D eigenvalue weighted by molar-refractivity contribution is -0.136. The van der Waals surface area contributed by atoms with Gasteiger partial charge in [-0.1, -0.05) is 42.0 Å². The smallest absolute Gasteiger partial charge is 0.227 e. The molecule has 160 valence electrons. The van der Waals surface area contributed by atoms with Crippen molar-refractivity contribution < 1.29 is 9.59 Å². The maximum absolute atomic E-state index is 13.1. The molecule has 2 fully saturated rings. The van der Waals surface area contributed by atoms with E-state index in [1.165, 1.54) is 5.56 Å². The number of aryl methyl sites for hydroxylation is 1. The number of H-pyrrole nitrogens is 1. The molecule has 5 rings (SSSR count). The Balaban J connectivity index is 1.17. The van der Waals surface area contributed by atoms with Gasteiger partial charge in [-0.25, -0.2) is 4.98 Å². The van der Waals surface area contributed by atoms with E-state index in [0.717, 1.165) is 48.4 Å². The maximum Gasteiger partial charge on any atom is 0.227 e. The van der Waals surface area contributed by atoms with Crippen LogP contribution in [0.3, 0.4) is 0 Å². The zero-order valence-corrected chi connectivity index (χ0v) is 17.9. The summed E-state index contributed by atoms with van der Waals surface area (Å²) in [6.45, 7) is 4.61. The van der Waals surface area contributed by atoms with Gasteiger partial charge in [-0.05, 0) is 37.5 Å². The Morgan fingerprint density at radius 3 is 2.58 bits per heavy atom. The highest BCUT2D eigenvalue weighted by atomic mass is 16.2. The first-order valence-electron chi connectivity index (χ1n) is 11.1. The van der Waals surface area contributed by atoms with Gasteiger partial charge in [0.25, 0.3) is 0 Å². The molecular formula is C25H28N4O2. The van der Waals surface area contributed by atoms with Crippen LogP contribution in [-0.2, 0) is 16.1 Å². The number of hydrogen-bond donors (Lipinski definition) is 1. The molecule has 31 heavy (non-hydrogen) atoms. The van der Waals surface area contributed by atoms with Gasteiger partial charge in [0.15, 0.2) is 0 Å². The molecule has 0 saturated carbocycles. The second-order valence-electron chi connectivity index (χ2n) is 8.90. The van der Waals surface area contributed by atoms with Crippen molar-refractivity contribution in [3.63, 3.8) is 0 Å². The number of para-hydroxylation sites is 2. The first-order valence-corrected chi connectivity index (χ1v) is 11.1. The van der Waals surface area contributed by atoms with E-state index in [9.17, 15) is 9.59 Å². The van der Waals surface area contributed by atoms with Crippen molar-refractivity contribution in [1.82, 2.24) is 19.8 Å². The summed E-state index contributed by atoms with van der Waals surface area (Å²) in [7, 11) is 0. The molecule has 3 heterocycles. The predicted molar refractivity (Wildman–Crippen MR) is 119 cm³/mol. The third-order valence-corrected chi connectivity index (χ3v) is 6.66. The van der Waals surface area contributed by atoms with Crippen molar-refractivity contribution in [3.05, 3.63) is 65.5 Å². The van der Waals surface area contributed by atoms with Gasteiger partial charge >= 0.3 is 0 Å². The predicted octanol–water partition coefficient (Wildman–Crippen LogP) is 3.63. The molecule has 2 aromatic carbocycles. The summed E-state index contributed by atoms with van der Waals surface area (Å²) in [5, 5.41) is 0. The minimum atomic E-state index is -0.222. The molecule has 2 aliphatic rings. The third-order valence-electron chi connectivity index (χ3n) is 6.66. The van der Waals surface area contributed by atoms with Crippen LogP contribution >= 0.6 is 0 Å². The highest BCUT2D eigenvalue weighted by Crippen LogP contribution is 2.30. The number of hydrogen-bond acceptors (Lipinski definition) is 3. The highest BCUT2D eigenvalue weighted by molar-refractivity contribution is 5.89. The van der Waals surface area contributed by atoms with Gasteiger partial charge in [0.1, 0.15) is 5.82 Å². The molecule has 0 radical (unpaired) electrons. The number of likely N-dealkylation sites (tertiary alicyclic amines) is 2. The van der Waals surface area contributed by atoms with Gasteiger partial charge in [0.2, 0.25) is 11.8 Å². The number of imidazole rings is 1. The third kappa shape index (κ3) is 4.07. The zero-order valence-electron chi connectivity index (χ0n) is 17.9. The number of benzene rings is 2. The molecule has 6 heteroatoms. The van der Waals surface area contributed by atoms with E-state index >= 15 is 0 Å². The summed E-state index contributed by atoms with van der Waals surface area (Å²) >= 11 is 0. The molecule has 0 aliphatic carbocycles. The van der Waals surface area contributed by atoms with Gasteiger partial charge in [-0.3, -0.25) is 9.59 Å². The molecule has 0 unspecified atom stereocenters.